The summed E-state index contributed by atoms with van der Waals surface area (Å²) < 4.78 is 44.1. The molecule has 2 atom stereocenters. The van der Waals surface area contributed by atoms with Gasteiger partial charge in [-0.1, -0.05) is 0 Å². The maximum atomic E-state index is 13.7. The van der Waals surface area contributed by atoms with Crippen molar-refractivity contribution in [2.75, 3.05) is 26.4 Å². The van der Waals surface area contributed by atoms with Crippen LogP contribution in [0.3, 0.4) is 0 Å². The van der Waals surface area contributed by atoms with Gasteiger partial charge in [0.25, 0.3) is 0 Å². The maximum absolute atomic E-state index is 13.7. The summed E-state index contributed by atoms with van der Waals surface area (Å²) >= 11 is 0. The van der Waals surface area contributed by atoms with E-state index < -0.39 is 17.4 Å². The number of nitrogens with one attached hydrogen (secondary N) is 1. The topological polar surface area (TPSA) is 39.7 Å². The van der Waals surface area contributed by atoms with Crippen LogP contribution in [-0.2, 0) is 14.2 Å². The SMILES string of the molecule is CC(NCC1COC2(CCOCC2)O1)c1cc(F)ccc1F. The lowest BCUT2D eigenvalue weighted by Crippen LogP contribution is -2.39. The zero-order valence-electron chi connectivity index (χ0n) is 12.6. The molecule has 22 heavy (non-hydrogen) atoms. The number of hydrogen-bond acceptors (Lipinski definition) is 4. The second-order valence-corrected chi connectivity index (χ2v) is 5.87. The Hall–Kier alpha value is -1.08. The van der Waals surface area contributed by atoms with Crippen LogP contribution >= 0.6 is 0 Å². The minimum atomic E-state index is -0.516. The van der Waals surface area contributed by atoms with Gasteiger partial charge in [-0.25, -0.2) is 8.78 Å². The first-order valence-electron chi connectivity index (χ1n) is 7.66. The van der Waals surface area contributed by atoms with Crippen LogP contribution in [0.25, 0.3) is 0 Å². The summed E-state index contributed by atoms with van der Waals surface area (Å²) in [4.78, 5) is 0. The number of rotatable bonds is 4. The molecule has 0 saturated carbocycles. The fraction of sp³-hybridized carbons (Fsp3) is 0.625. The van der Waals surface area contributed by atoms with Gasteiger partial charge in [0.15, 0.2) is 5.79 Å². The zero-order chi connectivity index (χ0) is 15.6. The van der Waals surface area contributed by atoms with Gasteiger partial charge in [0, 0.05) is 31.0 Å². The molecule has 1 N–H and O–H groups in total. The zero-order valence-corrected chi connectivity index (χ0v) is 12.6. The van der Waals surface area contributed by atoms with Gasteiger partial charge in [0.05, 0.1) is 25.9 Å². The second-order valence-electron chi connectivity index (χ2n) is 5.87. The summed E-state index contributed by atoms with van der Waals surface area (Å²) in [5, 5.41) is 3.19. The summed E-state index contributed by atoms with van der Waals surface area (Å²) in [6.07, 6.45) is 1.38. The van der Waals surface area contributed by atoms with Crippen LogP contribution in [0.4, 0.5) is 8.78 Å². The Bertz CT molecular complexity index is 520. The molecule has 2 fully saturated rings. The summed E-state index contributed by atoms with van der Waals surface area (Å²) in [5.41, 5.74) is 0.319. The van der Waals surface area contributed by atoms with Crippen molar-refractivity contribution in [1.82, 2.24) is 5.32 Å². The quantitative estimate of drug-likeness (QED) is 0.927. The van der Waals surface area contributed by atoms with Crippen molar-refractivity contribution in [3.63, 3.8) is 0 Å². The smallest absolute Gasteiger partial charge is 0.173 e. The van der Waals surface area contributed by atoms with E-state index in [9.17, 15) is 8.78 Å². The van der Waals surface area contributed by atoms with E-state index in [-0.39, 0.29) is 12.1 Å². The van der Waals surface area contributed by atoms with Gasteiger partial charge < -0.3 is 19.5 Å². The van der Waals surface area contributed by atoms with E-state index in [0.29, 0.717) is 31.9 Å². The Morgan fingerprint density at radius 3 is 2.86 bits per heavy atom. The number of halogens is 2. The summed E-state index contributed by atoms with van der Waals surface area (Å²) in [6.45, 7) is 4.12. The predicted octanol–water partition coefficient (Wildman–Crippen LogP) is 2.54. The number of ether oxygens (including phenoxy) is 3. The van der Waals surface area contributed by atoms with E-state index in [1.807, 2.05) is 0 Å². The van der Waals surface area contributed by atoms with Gasteiger partial charge in [-0.05, 0) is 25.1 Å². The van der Waals surface area contributed by atoms with Gasteiger partial charge in [0.2, 0.25) is 0 Å². The predicted molar refractivity (Wildman–Crippen MR) is 76.4 cm³/mol. The molecule has 0 bridgehead atoms. The highest BCUT2D eigenvalue weighted by Gasteiger charge is 2.42. The normalized spacial score (nSPS) is 25.5. The molecule has 1 spiro atoms. The van der Waals surface area contributed by atoms with Crippen LogP contribution in [-0.4, -0.2) is 38.3 Å². The minimum absolute atomic E-state index is 0.0860. The molecule has 0 aromatic heterocycles. The largest absolute Gasteiger partial charge is 0.381 e. The molecule has 1 aromatic carbocycles. The molecule has 2 heterocycles. The third kappa shape index (κ3) is 3.46. The fourth-order valence-corrected chi connectivity index (χ4v) is 2.93. The lowest BCUT2D eigenvalue weighted by atomic mass is 10.1. The molecule has 3 rings (SSSR count). The van der Waals surface area contributed by atoms with Gasteiger partial charge in [-0.2, -0.15) is 0 Å². The van der Waals surface area contributed by atoms with Crippen LogP contribution in [0.2, 0.25) is 0 Å². The standard InChI is InChI=1S/C16H21F2NO3/c1-11(14-8-12(17)2-3-15(14)18)19-9-13-10-21-16(22-13)4-6-20-7-5-16/h2-3,8,11,13,19H,4-7,9-10H2,1H3. The van der Waals surface area contributed by atoms with Gasteiger partial charge in [-0.3, -0.25) is 0 Å². The van der Waals surface area contributed by atoms with E-state index in [2.05, 4.69) is 5.32 Å². The fourth-order valence-electron chi connectivity index (χ4n) is 2.93. The Morgan fingerprint density at radius 1 is 1.32 bits per heavy atom. The molecule has 4 nitrogen and oxygen atoms in total. The van der Waals surface area contributed by atoms with E-state index in [1.54, 1.807) is 6.92 Å². The Kier molecular flexibility index (Phi) is 4.73. The van der Waals surface area contributed by atoms with Gasteiger partial charge >= 0.3 is 0 Å². The summed E-state index contributed by atoms with van der Waals surface area (Å²) in [5.74, 6) is -1.37. The Morgan fingerprint density at radius 2 is 2.09 bits per heavy atom. The molecule has 0 amide bonds. The molecule has 0 aliphatic carbocycles. The van der Waals surface area contributed by atoms with E-state index >= 15 is 0 Å². The number of hydrogen-bond donors (Lipinski definition) is 1. The molecule has 2 unspecified atom stereocenters. The van der Waals surface area contributed by atoms with Crippen molar-refractivity contribution < 1.29 is 23.0 Å². The van der Waals surface area contributed by atoms with Crippen LogP contribution < -0.4 is 5.32 Å². The first-order valence-corrected chi connectivity index (χ1v) is 7.66. The monoisotopic (exact) mass is 313 g/mol. The average Bonchev–Trinajstić information content (AvgIpc) is 2.91. The van der Waals surface area contributed by atoms with Gasteiger partial charge in [0.1, 0.15) is 11.6 Å². The first-order chi connectivity index (χ1) is 10.6. The van der Waals surface area contributed by atoms with E-state index in [1.165, 1.54) is 6.07 Å². The second kappa shape index (κ2) is 6.58. The summed E-state index contributed by atoms with van der Waals surface area (Å²) in [7, 11) is 0. The third-order valence-electron chi connectivity index (χ3n) is 4.24. The average molecular weight is 313 g/mol. The van der Waals surface area contributed by atoms with Crippen LogP contribution in [0.5, 0.6) is 0 Å². The van der Waals surface area contributed by atoms with Crippen molar-refractivity contribution in [3.05, 3.63) is 35.4 Å². The molecular formula is C16H21F2NO3. The number of benzene rings is 1. The van der Waals surface area contributed by atoms with Gasteiger partial charge in [-0.15, -0.1) is 0 Å². The Labute approximate surface area is 128 Å². The van der Waals surface area contributed by atoms with Crippen molar-refractivity contribution >= 4 is 0 Å². The highest BCUT2D eigenvalue weighted by Crippen LogP contribution is 2.33. The van der Waals surface area contributed by atoms with Crippen molar-refractivity contribution in [3.8, 4) is 0 Å². The van der Waals surface area contributed by atoms with Crippen LogP contribution in [0, 0.1) is 11.6 Å². The third-order valence-corrected chi connectivity index (χ3v) is 4.24. The molecule has 2 aliphatic rings. The molecule has 6 heteroatoms. The van der Waals surface area contributed by atoms with E-state index in [0.717, 1.165) is 25.0 Å². The lowest BCUT2D eigenvalue weighted by molar-refractivity contribution is -0.210. The highest BCUT2D eigenvalue weighted by atomic mass is 19.1. The molecular weight excluding hydrogens is 292 g/mol. The Balaban J connectivity index is 1.53. The molecule has 2 saturated heterocycles. The lowest BCUT2D eigenvalue weighted by Gasteiger charge is -2.31. The van der Waals surface area contributed by atoms with Crippen LogP contribution in [0.15, 0.2) is 18.2 Å². The van der Waals surface area contributed by atoms with E-state index in [4.69, 9.17) is 14.2 Å². The molecule has 2 aliphatic heterocycles. The maximum Gasteiger partial charge on any atom is 0.173 e. The minimum Gasteiger partial charge on any atom is -0.381 e. The van der Waals surface area contributed by atoms with Crippen molar-refractivity contribution in [2.24, 2.45) is 0 Å². The first kappa shape index (κ1) is 15.8. The highest BCUT2D eigenvalue weighted by molar-refractivity contribution is 5.21. The van der Waals surface area contributed by atoms with Crippen molar-refractivity contribution in [1.29, 1.82) is 0 Å². The molecule has 122 valence electrons. The van der Waals surface area contributed by atoms with Crippen LogP contribution in [0.1, 0.15) is 31.4 Å². The van der Waals surface area contributed by atoms with Crippen molar-refractivity contribution in [2.45, 2.75) is 37.7 Å². The summed E-state index contributed by atoms with van der Waals surface area (Å²) in [6, 6.07) is 3.19. The molecule has 1 aromatic rings. The molecule has 0 radical (unpaired) electrons.